The molecule has 1 aliphatic carbocycles. The minimum Gasteiger partial charge on any atom is -0.394 e. The summed E-state index contributed by atoms with van der Waals surface area (Å²) in [7, 11) is 0. The molecule has 3 nitrogen and oxygen atoms in total. The lowest BCUT2D eigenvalue weighted by Crippen LogP contribution is -2.14. The third-order valence-electron chi connectivity index (χ3n) is 3.44. The van der Waals surface area contributed by atoms with E-state index in [0.29, 0.717) is 0 Å². The Morgan fingerprint density at radius 1 is 1.33 bits per heavy atom. The van der Waals surface area contributed by atoms with Gasteiger partial charge in [0, 0.05) is 10.9 Å². The molecule has 18 heavy (non-hydrogen) atoms. The highest BCUT2D eigenvalue weighted by atomic mass is 32.1. The summed E-state index contributed by atoms with van der Waals surface area (Å²) in [5.74, 6) is 0. The molecule has 3 rings (SSSR count). The van der Waals surface area contributed by atoms with Gasteiger partial charge >= 0.3 is 0 Å². The van der Waals surface area contributed by atoms with Gasteiger partial charge in [-0.15, -0.1) is 11.3 Å². The number of aliphatic hydroxyl groups excluding tert-OH is 1. The lowest BCUT2D eigenvalue weighted by molar-refractivity contribution is 0.266. The van der Waals surface area contributed by atoms with E-state index in [9.17, 15) is 0 Å². The molecule has 1 aromatic carbocycles. The SMILES string of the molecule is NC(CO)c1csc(-c2ccc3c(c2)CCC3)n1. The summed E-state index contributed by atoms with van der Waals surface area (Å²) in [4.78, 5) is 4.51. The van der Waals surface area contributed by atoms with Crippen molar-refractivity contribution in [3.8, 4) is 10.6 Å². The summed E-state index contributed by atoms with van der Waals surface area (Å²) in [5, 5.41) is 12.0. The third kappa shape index (κ3) is 2.07. The van der Waals surface area contributed by atoms with E-state index in [1.807, 2.05) is 5.38 Å². The molecule has 0 spiro atoms. The highest BCUT2D eigenvalue weighted by molar-refractivity contribution is 7.13. The zero-order chi connectivity index (χ0) is 12.5. The van der Waals surface area contributed by atoms with Gasteiger partial charge in [-0.3, -0.25) is 0 Å². The Kier molecular flexibility index (Phi) is 3.16. The summed E-state index contributed by atoms with van der Waals surface area (Å²) in [6.07, 6.45) is 3.64. The molecule has 0 bridgehead atoms. The molecule has 0 saturated heterocycles. The van der Waals surface area contributed by atoms with Crippen LogP contribution in [-0.2, 0) is 12.8 Å². The number of thiazole rings is 1. The fraction of sp³-hybridized carbons (Fsp3) is 0.357. The third-order valence-corrected chi connectivity index (χ3v) is 4.35. The van der Waals surface area contributed by atoms with Gasteiger partial charge < -0.3 is 10.8 Å². The average Bonchev–Trinajstić information content (AvgIpc) is 3.05. The van der Waals surface area contributed by atoms with Crippen molar-refractivity contribution in [2.24, 2.45) is 5.73 Å². The summed E-state index contributed by atoms with van der Waals surface area (Å²) in [6, 6.07) is 6.22. The molecular weight excluding hydrogens is 244 g/mol. The van der Waals surface area contributed by atoms with Crippen molar-refractivity contribution < 1.29 is 5.11 Å². The lowest BCUT2D eigenvalue weighted by atomic mass is 10.1. The first-order valence-electron chi connectivity index (χ1n) is 6.22. The Morgan fingerprint density at radius 3 is 3.00 bits per heavy atom. The molecule has 0 amide bonds. The monoisotopic (exact) mass is 260 g/mol. The molecular formula is C14H16N2OS. The molecule has 4 heteroatoms. The van der Waals surface area contributed by atoms with Gasteiger partial charge in [-0.05, 0) is 36.5 Å². The number of fused-ring (bicyclic) bond motifs is 1. The largest absolute Gasteiger partial charge is 0.394 e. The standard InChI is InChI=1S/C14H16N2OS/c15-12(7-17)13-8-18-14(16-13)11-5-4-9-2-1-3-10(9)6-11/h4-6,8,12,17H,1-3,7,15H2. The quantitative estimate of drug-likeness (QED) is 0.890. The smallest absolute Gasteiger partial charge is 0.123 e. The maximum Gasteiger partial charge on any atom is 0.123 e. The van der Waals surface area contributed by atoms with Crippen molar-refractivity contribution in [3.05, 3.63) is 40.4 Å². The van der Waals surface area contributed by atoms with E-state index in [1.54, 1.807) is 11.3 Å². The topological polar surface area (TPSA) is 59.1 Å². The zero-order valence-electron chi connectivity index (χ0n) is 10.1. The first-order valence-corrected chi connectivity index (χ1v) is 7.10. The van der Waals surface area contributed by atoms with Gasteiger partial charge in [0.15, 0.2) is 0 Å². The predicted octanol–water partition coefficient (Wildman–Crippen LogP) is 2.29. The number of hydrogen-bond donors (Lipinski definition) is 2. The first kappa shape index (κ1) is 11.8. The van der Waals surface area contributed by atoms with Crippen LogP contribution >= 0.6 is 11.3 Å². The summed E-state index contributed by atoms with van der Waals surface area (Å²) in [6.45, 7) is -0.0621. The van der Waals surface area contributed by atoms with Crippen molar-refractivity contribution in [2.45, 2.75) is 25.3 Å². The molecule has 1 aliphatic rings. The van der Waals surface area contributed by atoms with Crippen LogP contribution in [-0.4, -0.2) is 16.7 Å². The van der Waals surface area contributed by atoms with Gasteiger partial charge in [0.1, 0.15) is 5.01 Å². The van der Waals surface area contributed by atoms with Crippen molar-refractivity contribution in [1.82, 2.24) is 4.98 Å². The van der Waals surface area contributed by atoms with E-state index in [4.69, 9.17) is 10.8 Å². The van der Waals surface area contributed by atoms with E-state index in [0.717, 1.165) is 16.3 Å². The maximum absolute atomic E-state index is 9.03. The maximum atomic E-state index is 9.03. The number of aryl methyl sites for hydroxylation is 2. The fourth-order valence-corrected chi connectivity index (χ4v) is 3.27. The summed E-state index contributed by atoms with van der Waals surface area (Å²) in [5.41, 5.74) is 10.6. The second kappa shape index (κ2) is 4.80. The second-order valence-electron chi connectivity index (χ2n) is 4.70. The second-order valence-corrected chi connectivity index (χ2v) is 5.56. The number of nitrogens with zero attached hydrogens (tertiary/aromatic N) is 1. The Hall–Kier alpha value is -1.23. The van der Waals surface area contributed by atoms with E-state index in [-0.39, 0.29) is 12.6 Å². The normalized spacial score (nSPS) is 15.7. The molecule has 1 unspecified atom stereocenters. The highest BCUT2D eigenvalue weighted by Crippen LogP contribution is 2.30. The minimum atomic E-state index is -0.371. The van der Waals surface area contributed by atoms with Crippen LogP contribution in [0.5, 0.6) is 0 Å². The van der Waals surface area contributed by atoms with Crippen molar-refractivity contribution in [2.75, 3.05) is 6.61 Å². The van der Waals surface area contributed by atoms with Crippen LogP contribution in [0.2, 0.25) is 0 Å². The average molecular weight is 260 g/mol. The van der Waals surface area contributed by atoms with E-state index in [1.165, 1.54) is 30.4 Å². The number of aliphatic hydroxyl groups is 1. The van der Waals surface area contributed by atoms with Crippen LogP contribution in [0, 0.1) is 0 Å². The Morgan fingerprint density at radius 2 is 2.17 bits per heavy atom. The van der Waals surface area contributed by atoms with E-state index < -0.39 is 0 Å². The summed E-state index contributed by atoms with van der Waals surface area (Å²) >= 11 is 1.59. The number of rotatable bonds is 3. The molecule has 3 N–H and O–H groups in total. The molecule has 0 aliphatic heterocycles. The zero-order valence-corrected chi connectivity index (χ0v) is 10.9. The van der Waals surface area contributed by atoms with Crippen LogP contribution in [0.1, 0.15) is 29.3 Å². The molecule has 1 atom stereocenters. The van der Waals surface area contributed by atoms with Crippen LogP contribution in [0.4, 0.5) is 0 Å². The van der Waals surface area contributed by atoms with Crippen LogP contribution < -0.4 is 5.73 Å². The molecule has 0 radical (unpaired) electrons. The van der Waals surface area contributed by atoms with Gasteiger partial charge in [-0.25, -0.2) is 4.98 Å². The minimum absolute atomic E-state index is 0.0621. The fourth-order valence-electron chi connectivity index (χ4n) is 2.39. The van der Waals surface area contributed by atoms with Crippen LogP contribution in [0.25, 0.3) is 10.6 Å². The molecule has 0 saturated carbocycles. The van der Waals surface area contributed by atoms with Gasteiger partial charge in [-0.1, -0.05) is 12.1 Å². The number of nitrogens with two attached hydrogens (primary N) is 1. The molecule has 1 heterocycles. The van der Waals surface area contributed by atoms with E-state index >= 15 is 0 Å². The van der Waals surface area contributed by atoms with Gasteiger partial charge in [-0.2, -0.15) is 0 Å². The number of hydrogen-bond acceptors (Lipinski definition) is 4. The van der Waals surface area contributed by atoms with Gasteiger partial charge in [0.25, 0.3) is 0 Å². The van der Waals surface area contributed by atoms with Crippen molar-refractivity contribution >= 4 is 11.3 Å². The van der Waals surface area contributed by atoms with Crippen molar-refractivity contribution in [1.29, 1.82) is 0 Å². The Bertz CT molecular complexity index is 565. The summed E-state index contributed by atoms with van der Waals surface area (Å²) < 4.78 is 0. The van der Waals surface area contributed by atoms with Crippen LogP contribution in [0.15, 0.2) is 23.6 Å². The first-order chi connectivity index (χ1) is 8.78. The molecule has 0 fully saturated rings. The van der Waals surface area contributed by atoms with Gasteiger partial charge in [0.05, 0.1) is 18.3 Å². The van der Waals surface area contributed by atoms with Crippen LogP contribution in [0.3, 0.4) is 0 Å². The predicted molar refractivity (Wildman–Crippen MR) is 73.6 cm³/mol. The highest BCUT2D eigenvalue weighted by Gasteiger charge is 2.14. The number of aromatic nitrogens is 1. The van der Waals surface area contributed by atoms with Gasteiger partial charge in [0.2, 0.25) is 0 Å². The molecule has 1 aromatic heterocycles. The lowest BCUT2D eigenvalue weighted by Gasteiger charge is -2.03. The Labute approximate surface area is 110 Å². The molecule has 94 valence electrons. The Balaban J connectivity index is 1.92. The van der Waals surface area contributed by atoms with E-state index in [2.05, 4.69) is 23.2 Å². The van der Waals surface area contributed by atoms with Crippen molar-refractivity contribution in [3.63, 3.8) is 0 Å². The number of benzene rings is 1. The molecule has 2 aromatic rings.